The molecule has 4 saturated carbocycles. The van der Waals surface area contributed by atoms with Crippen LogP contribution in [0.3, 0.4) is 0 Å². The van der Waals surface area contributed by atoms with Gasteiger partial charge in [0, 0.05) is 11.8 Å². The summed E-state index contributed by atoms with van der Waals surface area (Å²) in [4.78, 5) is 35.1. The average Bonchev–Trinajstić information content (AvgIpc) is 2.95. The van der Waals surface area contributed by atoms with Gasteiger partial charge in [0.05, 0.1) is 12.8 Å². The van der Waals surface area contributed by atoms with Gasteiger partial charge >= 0.3 is 11.9 Å². The monoisotopic (exact) mass is 390 g/mol. The molecule has 4 aliphatic carbocycles. The summed E-state index contributed by atoms with van der Waals surface area (Å²) in [5, 5.41) is 8.74. The number of ketones is 1. The minimum atomic E-state index is -0.957. The lowest BCUT2D eigenvalue weighted by Gasteiger charge is -2.60. The molecule has 0 heterocycles. The second-order valence-corrected chi connectivity index (χ2v) is 10.4. The highest BCUT2D eigenvalue weighted by Gasteiger charge is 2.60. The average molecular weight is 391 g/mol. The maximum Gasteiger partial charge on any atom is 0.306 e. The fourth-order valence-corrected chi connectivity index (χ4v) is 7.55. The molecule has 0 amide bonds. The third kappa shape index (κ3) is 3.19. The van der Waals surface area contributed by atoms with E-state index in [9.17, 15) is 14.4 Å². The van der Waals surface area contributed by atoms with Gasteiger partial charge in [-0.3, -0.25) is 14.4 Å². The predicted octanol–water partition coefficient (Wildman–Crippen LogP) is 4.37. The van der Waals surface area contributed by atoms with Crippen LogP contribution in [0.15, 0.2) is 0 Å². The summed E-state index contributed by atoms with van der Waals surface area (Å²) in [6.45, 7) is 4.68. The van der Waals surface area contributed by atoms with Gasteiger partial charge in [0.15, 0.2) is 0 Å². The van der Waals surface area contributed by atoms with Crippen molar-refractivity contribution in [3.8, 4) is 0 Å². The van der Waals surface area contributed by atoms with E-state index in [1.807, 2.05) is 0 Å². The molecule has 7 atom stereocenters. The van der Waals surface area contributed by atoms with E-state index in [0.717, 1.165) is 38.5 Å². The van der Waals surface area contributed by atoms with Crippen LogP contribution in [-0.2, 0) is 19.1 Å². The SMILES string of the molecule is C[C@]12CC[C@H](OC(=O)CCC(=O)O)C[C@@H]1CC[C@@H]1[C@@H]2CC[C@]2(C)C(=O)CC[C@@H]12. The van der Waals surface area contributed by atoms with Crippen LogP contribution in [0.2, 0.25) is 0 Å². The Labute approximate surface area is 167 Å². The second-order valence-electron chi connectivity index (χ2n) is 10.4. The van der Waals surface area contributed by atoms with Crippen molar-refractivity contribution in [2.75, 3.05) is 0 Å². The van der Waals surface area contributed by atoms with Crippen molar-refractivity contribution in [3.63, 3.8) is 0 Å². The molecular formula is C23H34O5. The Morgan fingerprint density at radius 2 is 1.82 bits per heavy atom. The predicted molar refractivity (Wildman–Crippen MR) is 103 cm³/mol. The third-order valence-corrected chi connectivity index (χ3v) is 9.17. The molecule has 0 saturated heterocycles. The molecule has 0 aromatic heterocycles. The van der Waals surface area contributed by atoms with Crippen molar-refractivity contribution < 1.29 is 24.2 Å². The molecule has 0 bridgehead atoms. The maximum absolute atomic E-state index is 12.5. The molecule has 0 aromatic carbocycles. The van der Waals surface area contributed by atoms with E-state index in [4.69, 9.17) is 9.84 Å². The van der Waals surface area contributed by atoms with Gasteiger partial charge in [-0.05, 0) is 80.5 Å². The van der Waals surface area contributed by atoms with Gasteiger partial charge in [0.2, 0.25) is 0 Å². The van der Waals surface area contributed by atoms with Crippen molar-refractivity contribution in [1.29, 1.82) is 0 Å². The van der Waals surface area contributed by atoms with Crippen molar-refractivity contribution in [3.05, 3.63) is 0 Å². The van der Waals surface area contributed by atoms with Crippen LogP contribution in [-0.4, -0.2) is 28.9 Å². The van der Waals surface area contributed by atoms with E-state index in [-0.39, 0.29) is 30.3 Å². The first-order valence-electron chi connectivity index (χ1n) is 11.2. The van der Waals surface area contributed by atoms with Crippen LogP contribution in [0.4, 0.5) is 0 Å². The van der Waals surface area contributed by atoms with Gasteiger partial charge in [0.1, 0.15) is 11.9 Å². The minimum absolute atomic E-state index is 0.0350. The molecule has 0 spiro atoms. The molecule has 0 aliphatic heterocycles. The number of Topliss-reactive ketones (excluding diaryl/α,β-unsaturated/α-hetero) is 1. The van der Waals surface area contributed by atoms with Crippen molar-refractivity contribution in [2.45, 2.75) is 90.6 Å². The largest absolute Gasteiger partial charge is 0.481 e. The summed E-state index contributed by atoms with van der Waals surface area (Å²) in [6, 6.07) is 0. The fourth-order valence-electron chi connectivity index (χ4n) is 7.55. The Morgan fingerprint density at radius 3 is 2.57 bits per heavy atom. The molecule has 1 N–H and O–H groups in total. The number of hydrogen-bond donors (Lipinski definition) is 1. The van der Waals surface area contributed by atoms with E-state index in [1.165, 1.54) is 19.3 Å². The number of esters is 1. The summed E-state index contributed by atoms with van der Waals surface area (Å²) in [5.74, 6) is 1.69. The van der Waals surface area contributed by atoms with Gasteiger partial charge in [0.25, 0.3) is 0 Å². The van der Waals surface area contributed by atoms with Gasteiger partial charge in [-0.2, -0.15) is 0 Å². The second kappa shape index (κ2) is 7.14. The van der Waals surface area contributed by atoms with Gasteiger partial charge < -0.3 is 9.84 Å². The number of carbonyl (C=O) groups excluding carboxylic acids is 2. The standard InChI is InChI=1S/C23H34O5/c1-22-11-9-15(28-21(27)8-7-20(25)26)13-14(22)3-4-16-17-5-6-19(24)23(17,2)12-10-18(16)22/h14-18H,3-13H2,1-2H3,(H,25,26)/t14-,15-,16-,17-,18-,22-,23-/m0/s1. The van der Waals surface area contributed by atoms with E-state index in [2.05, 4.69) is 13.8 Å². The van der Waals surface area contributed by atoms with E-state index < -0.39 is 5.97 Å². The van der Waals surface area contributed by atoms with Crippen molar-refractivity contribution >= 4 is 17.7 Å². The number of carbonyl (C=O) groups is 3. The first kappa shape index (κ1) is 19.9. The molecule has 156 valence electrons. The number of hydrogen-bond acceptors (Lipinski definition) is 4. The molecule has 4 rings (SSSR count). The lowest BCUT2D eigenvalue weighted by molar-refractivity contribution is -0.163. The molecule has 28 heavy (non-hydrogen) atoms. The Balaban J connectivity index is 1.41. The zero-order chi connectivity index (χ0) is 20.1. The van der Waals surface area contributed by atoms with Gasteiger partial charge in [-0.25, -0.2) is 0 Å². The Bertz CT molecular complexity index is 672. The number of aliphatic carboxylic acids is 1. The van der Waals surface area contributed by atoms with Crippen LogP contribution < -0.4 is 0 Å². The Kier molecular flexibility index (Phi) is 5.08. The summed E-state index contributed by atoms with van der Waals surface area (Å²) in [7, 11) is 0. The first-order valence-corrected chi connectivity index (χ1v) is 11.2. The van der Waals surface area contributed by atoms with Crippen molar-refractivity contribution in [2.24, 2.45) is 34.5 Å². The normalized spacial score (nSPS) is 44.9. The molecule has 5 heteroatoms. The third-order valence-electron chi connectivity index (χ3n) is 9.17. The van der Waals surface area contributed by atoms with E-state index in [0.29, 0.717) is 34.9 Å². The van der Waals surface area contributed by atoms with Gasteiger partial charge in [-0.1, -0.05) is 13.8 Å². The van der Waals surface area contributed by atoms with Crippen LogP contribution in [0.5, 0.6) is 0 Å². The highest BCUT2D eigenvalue weighted by atomic mass is 16.5. The number of rotatable bonds is 4. The van der Waals surface area contributed by atoms with Gasteiger partial charge in [-0.15, -0.1) is 0 Å². The molecule has 0 unspecified atom stereocenters. The summed E-state index contributed by atoms with van der Waals surface area (Å²) < 4.78 is 5.62. The molecule has 0 radical (unpaired) electrons. The van der Waals surface area contributed by atoms with E-state index in [1.54, 1.807) is 0 Å². The zero-order valence-corrected chi connectivity index (χ0v) is 17.2. The number of fused-ring (bicyclic) bond motifs is 5. The number of carboxylic acid groups (broad SMARTS) is 1. The van der Waals surface area contributed by atoms with E-state index >= 15 is 0 Å². The summed E-state index contributed by atoms with van der Waals surface area (Å²) in [6.07, 6.45) is 9.08. The smallest absolute Gasteiger partial charge is 0.306 e. The van der Waals surface area contributed by atoms with Crippen LogP contribution in [0, 0.1) is 34.5 Å². The fraction of sp³-hybridized carbons (Fsp3) is 0.870. The number of carboxylic acids is 1. The molecular weight excluding hydrogens is 356 g/mol. The topological polar surface area (TPSA) is 80.7 Å². The maximum atomic E-state index is 12.5. The number of ether oxygens (including phenoxy) is 1. The highest BCUT2D eigenvalue weighted by Crippen LogP contribution is 2.65. The lowest BCUT2D eigenvalue weighted by atomic mass is 9.45. The zero-order valence-electron chi connectivity index (χ0n) is 17.2. The minimum Gasteiger partial charge on any atom is -0.481 e. The molecule has 4 aliphatic rings. The quantitative estimate of drug-likeness (QED) is 0.721. The van der Waals surface area contributed by atoms with Crippen LogP contribution in [0.25, 0.3) is 0 Å². The van der Waals surface area contributed by atoms with Crippen LogP contribution >= 0.6 is 0 Å². The molecule has 5 nitrogen and oxygen atoms in total. The summed E-state index contributed by atoms with van der Waals surface area (Å²) in [5.41, 5.74) is 0.223. The molecule has 4 fully saturated rings. The summed E-state index contributed by atoms with van der Waals surface area (Å²) >= 11 is 0. The lowest BCUT2D eigenvalue weighted by Crippen LogP contribution is -2.54. The first-order chi connectivity index (χ1) is 13.2. The Morgan fingerprint density at radius 1 is 1.04 bits per heavy atom. The molecule has 0 aromatic rings. The Hall–Kier alpha value is -1.39. The van der Waals surface area contributed by atoms with Crippen LogP contribution in [0.1, 0.15) is 84.5 Å². The highest BCUT2D eigenvalue weighted by molar-refractivity contribution is 5.87. The van der Waals surface area contributed by atoms with Crippen molar-refractivity contribution in [1.82, 2.24) is 0 Å².